The molecule has 0 aliphatic carbocycles. The SMILES string of the molecule is Cc1onc(-c2c(Cl)cccc2Cl)c1C(=O)Nc1ccccc1SCc1noc(-c2cccs2)n1. The Hall–Kier alpha value is -3.11. The maximum atomic E-state index is 13.3. The molecule has 2 aromatic carbocycles. The lowest BCUT2D eigenvalue weighted by molar-refractivity contribution is 0.102. The zero-order valence-corrected chi connectivity index (χ0v) is 21.3. The Morgan fingerprint density at radius 1 is 1.03 bits per heavy atom. The third kappa shape index (κ3) is 4.99. The Morgan fingerprint density at radius 2 is 1.83 bits per heavy atom. The van der Waals surface area contributed by atoms with Crippen molar-refractivity contribution in [1.29, 1.82) is 0 Å². The molecular formula is C24H16Cl2N4O3S2. The minimum atomic E-state index is -0.387. The molecule has 3 aromatic heterocycles. The van der Waals surface area contributed by atoms with Crippen LogP contribution in [0, 0.1) is 6.92 Å². The minimum absolute atomic E-state index is 0.263. The van der Waals surface area contributed by atoms with E-state index in [4.69, 9.17) is 32.2 Å². The smallest absolute Gasteiger partial charge is 0.268 e. The zero-order valence-electron chi connectivity index (χ0n) is 18.1. The number of halogens is 2. The lowest BCUT2D eigenvalue weighted by Crippen LogP contribution is -2.14. The molecule has 0 spiro atoms. The standard InChI is InChI=1S/C24H16Cl2N4O3S2/c1-13-20(22(30-32-13)21-14(25)6-4-7-15(21)26)23(31)27-16-8-2-3-9-17(16)35-12-19-28-24(33-29-19)18-10-5-11-34-18/h2-11H,12H2,1H3,(H,27,31). The summed E-state index contributed by atoms with van der Waals surface area (Å²) in [5.41, 5.74) is 1.62. The molecule has 0 aliphatic heterocycles. The van der Waals surface area contributed by atoms with Gasteiger partial charge in [-0.15, -0.1) is 23.1 Å². The van der Waals surface area contributed by atoms with Crippen molar-refractivity contribution >= 4 is 57.9 Å². The Kier molecular flexibility index (Phi) is 6.92. The van der Waals surface area contributed by atoms with E-state index in [1.807, 2.05) is 41.8 Å². The predicted octanol–water partition coefficient (Wildman–Crippen LogP) is 7.61. The molecule has 0 unspecified atom stereocenters. The van der Waals surface area contributed by atoms with Gasteiger partial charge in [0.25, 0.3) is 11.8 Å². The predicted molar refractivity (Wildman–Crippen MR) is 138 cm³/mol. The van der Waals surface area contributed by atoms with Crippen molar-refractivity contribution in [2.75, 3.05) is 5.32 Å². The molecule has 1 N–H and O–H groups in total. The first-order valence-electron chi connectivity index (χ1n) is 10.3. The van der Waals surface area contributed by atoms with Gasteiger partial charge in [0, 0.05) is 10.5 Å². The number of thiophene rings is 1. The fourth-order valence-corrected chi connectivity index (χ4v) is 5.44. The van der Waals surface area contributed by atoms with Gasteiger partial charge in [-0.1, -0.05) is 57.8 Å². The number of aryl methyl sites for hydroxylation is 1. The topological polar surface area (TPSA) is 94.1 Å². The molecule has 0 saturated carbocycles. The van der Waals surface area contributed by atoms with Crippen molar-refractivity contribution < 1.29 is 13.8 Å². The molecule has 0 aliphatic rings. The van der Waals surface area contributed by atoms with E-state index in [-0.39, 0.29) is 17.2 Å². The first kappa shape index (κ1) is 23.6. The van der Waals surface area contributed by atoms with Crippen molar-refractivity contribution in [3.63, 3.8) is 0 Å². The molecule has 0 radical (unpaired) electrons. The second-order valence-electron chi connectivity index (χ2n) is 7.29. The molecule has 7 nitrogen and oxygen atoms in total. The molecule has 0 bridgehead atoms. The molecule has 0 fully saturated rings. The molecule has 11 heteroatoms. The summed E-state index contributed by atoms with van der Waals surface area (Å²) in [6.45, 7) is 1.66. The van der Waals surface area contributed by atoms with Gasteiger partial charge in [0.15, 0.2) is 5.82 Å². The number of hydrogen-bond acceptors (Lipinski definition) is 8. The minimum Gasteiger partial charge on any atom is -0.360 e. The fraction of sp³-hybridized carbons (Fsp3) is 0.0833. The molecule has 3 heterocycles. The summed E-state index contributed by atoms with van der Waals surface area (Å²) < 4.78 is 10.7. The van der Waals surface area contributed by atoms with Crippen LogP contribution in [0.4, 0.5) is 5.69 Å². The van der Waals surface area contributed by atoms with Crippen LogP contribution >= 0.6 is 46.3 Å². The van der Waals surface area contributed by atoms with E-state index in [0.717, 1.165) is 9.77 Å². The van der Waals surface area contributed by atoms with Gasteiger partial charge in [0.1, 0.15) is 17.0 Å². The van der Waals surface area contributed by atoms with E-state index in [0.29, 0.717) is 44.5 Å². The maximum Gasteiger partial charge on any atom is 0.268 e. The monoisotopic (exact) mass is 542 g/mol. The van der Waals surface area contributed by atoms with Crippen molar-refractivity contribution in [1.82, 2.24) is 15.3 Å². The van der Waals surface area contributed by atoms with Crippen LogP contribution in [-0.2, 0) is 5.75 Å². The number of benzene rings is 2. The normalized spacial score (nSPS) is 11.1. The molecule has 35 heavy (non-hydrogen) atoms. The van der Waals surface area contributed by atoms with Crippen molar-refractivity contribution in [2.24, 2.45) is 0 Å². The number of nitrogens with zero attached hydrogens (tertiary/aromatic N) is 3. The number of hydrogen-bond donors (Lipinski definition) is 1. The number of rotatable bonds is 7. The maximum absolute atomic E-state index is 13.3. The van der Waals surface area contributed by atoms with Crippen molar-refractivity contribution in [3.05, 3.63) is 87.2 Å². The van der Waals surface area contributed by atoms with E-state index in [9.17, 15) is 4.79 Å². The quantitative estimate of drug-likeness (QED) is 0.211. The molecule has 5 rings (SSSR count). The highest BCUT2D eigenvalue weighted by molar-refractivity contribution is 7.98. The molecule has 5 aromatic rings. The highest BCUT2D eigenvalue weighted by Gasteiger charge is 2.25. The molecular weight excluding hydrogens is 527 g/mol. The van der Waals surface area contributed by atoms with Crippen LogP contribution in [0.1, 0.15) is 21.9 Å². The van der Waals surface area contributed by atoms with Gasteiger partial charge >= 0.3 is 0 Å². The lowest BCUT2D eigenvalue weighted by atomic mass is 10.1. The number of anilines is 1. The average Bonchev–Trinajstić information content (AvgIpc) is 3.60. The van der Waals surface area contributed by atoms with Gasteiger partial charge in [-0.05, 0) is 42.6 Å². The lowest BCUT2D eigenvalue weighted by Gasteiger charge is -2.11. The third-order valence-electron chi connectivity index (χ3n) is 4.98. The van der Waals surface area contributed by atoms with Gasteiger partial charge in [0.05, 0.1) is 26.4 Å². The Morgan fingerprint density at radius 3 is 2.60 bits per heavy atom. The first-order valence-corrected chi connectivity index (χ1v) is 12.9. The van der Waals surface area contributed by atoms with Gasteiger partial charge in [-0.3, -0.25) is 4.79 Å². The van der Waals surface area contributed by atoms with Crippen LogP contribution in [0.15, 0.2) is 73.9 Å². The van der Waals surface area contributed by atoms with Crippen LogP contribution in [0.5, 0.6) is 0 Å². The summed E-state index contributed by atoms with van der Waals surface area (Å²) in [5, 5.41) is 13.8. The van der Waals surface area contributed by atoms with E-state index < -0.39 is 0 Å². The van der Waals surface area contributed by atoms with Gasteiger partial charge in [-0.25, -0.2) is 0 Å². The van der Waals surface area contributed by atoms with Crippen LogP contribution in [0.3, 0.4) is 0 Å². The molecule has 0 atom stereocenters. The number of aromatic nitrogens is 3. The average molecular weight is 543 g/mol. The molecule has 1 amide bonds. The number of nitrogens with one attached hydrogen (secondary N) is 1. The Bertz CT molecular complexity index is 1480. The Balaban J connectivity index is 1.36. The van der Waals surface area contributed by atoms with Gasteiger partial charge < -0.3 is 14.4 Å². The largest absolute Gasteiger partial charge is 0.360 e. The van der Waals surface area contributed by atoms with Gasteiger partial charge in [-0.2, -0.15) is 4.98 Å². The van der Waals surface area contributed by atoms with Crippen LogP contribution in [0.2, 0.25) is 10.0 Å². The highest BCUT2D eigenvalue weighted by atomic mass is 35.5. The van der Waals surface area contributed by atoms with Gasteiger partial charge in [0.2, 0.25) is 0 Å². The summed E-state index contributed by atoms with van der Waals surface area (Å²) >= 11 is 15.7. The van der Waals surface area contributed by atoms with E-state index in [2.05, 4.69) is 20.6 Å². The molecule has 0 saturated heterocycles. The number of thioether (sulfide) groups is 1. The summed E-state index contributed by atoms with van der Waals surface area (Å²) in [7, 11) is 0. The van der Waals surface area contributed by atoms with Crippen molar-refractivity contribution in [2.45, 2.75) is 17.6 Å². The summed E-state index contributed by atoms with van der Waals surface area (Å²) in [4.78, 5) is 19.5. The zero-order chi connectivity index (χ0) is 24.4. The Labute approximate surface area is 218 Å². The summed E-state index contributed by atoms with van der Waals surface area (Å²) in [5.74, 6) is 1.49. The van der Waals surface area contributed by atoms with E-state index in [1.54, 1.807) is 25.1 Å². The number of para-hydroxylation sites is 1. The fourth-order valence-electron chi connectivity index (χ4n) is 3.37. The van der Waals surface area contributed by atoms with E-state index >= 15 is 0 Å². The summed E-state index contributed by atoms with van der Waals surface area (Å²) in [6, 6.07) is 16.4. The molecule has 176 valence electrons. The van der Waals surface area contributed by atoms with E-state index in [1.165, 1.54) is 23.1 Å². The van der Waals surface area contributed by atoms with Crippen molar-refractivity contribution in [3.8, 4) is 22.0 Å². The number of carbonyl (C=O) groups excluding carboxylic acids is 1. The number of amides is 1. The van der Waals surface area contributed by atoms with Crippen LogP contribution in [0.25, 0.3) is 22.0 Å². The second-order valence-corrected chi connectivity index (χ2v) is 10.1. The third-order valence-corrected chi connectivity index (χ3v) is 7.54. The van der Waals surface area contributed by atoms with Crippen LogP contribution in [-0.4, -0.2) is 21.2 Å². The first-order chi connectivity index (χ1) is 17.0. The van der Waals surface area contributed by atoms with Crippen LogP contribution < -0.4 is 5.32 Å². The highest BCUT2D eigenvalue weighted by Crippen LogP contribution is 2.37. The second kappa shape index (κ2) is 10.2. The number of carbonyl (C=O) groups is 1. The summed E-state index contributed by atoms with van der Waals surface area (Å²) in [6.07, 6.45) is 0.